The van der Waals surface area contributed by atoms with Crippen LogP contribution in [0.3, 0.4) is 0 Å². The molecule has 15 heavy (non-hydrogen) atoms. The van der Waals surface area contributed by atoms with Gasteiger partial charge in [-0.3, -0.25) is 0 Å². The molecule has 0 amide bonds. The molecule has 6 heteroatoms. The first kappa shape index (κ1) is 9.95. The first-order valence-electron chi connectivity index (χ1n) is 4.28. The third kappa shape index (κ3) is 1.67. The number of alkyl halides is 3. The van der Waals surface area contributed by atoms with E-state index in [9.17, 15) is 13.2 Å². The lowest BCUT2D eigenvalue weighted by Gasteiger charge is -2.07. The van der Waals surface area contributed by atoms with Crippen LogP contribution in [0, 0.1) is 13.8 Å². The van der Waals surface area contributed by atoms with Gasteiger partial charge in [0.2, 0.25) is 0 Å². The fourth-order valence-electron chi connectivity index (χ4n) is 1.44. The molecular weight excluding hydrogens is 207 g/mol. The molecule has 2 aromatic rings. The molecule has 2 aromatic heterocycles. The van der Waals surface area contributed by atoms with E-state index < -0.39 is 11.9 Å². The highest BCUT2D eigenvalue weighted by Gasteiger charge is 2.36. The zero-order chi connectivity index (χ0) is 11.2. The predicted molar refractivity (Wildman–Crippen MR) is 47.5 cm³/mol. The summed E-state index contributed by atoms with van der Waals surface area (Å²) in [5, 5.41) is 0. The number of halogens is 3. The lowest BCUT2D eigenvalue weighted by atomic mass is 10.4. The Morgan fingerprint density at radius 2 is 1.60 bits per heavy atom. The normalized spacial score (nSPS) is 12.3. The van der Waals surface area contributed by atoms with Crippen molar-refractivity contribution in [1.29, 1.82) is 0 Å². The van der Waals surface area contributed by atoms with Crippen LogP contribution in [-0.2, 0) is 6.18 Å². The van der Waals surface area contributed by atoms with Gasteiger partial charge in [-0.15, -0.1) is 0 Å². The SMILES string of the molecule is Cc1cn2cc(C)nc2c(C(F)(F)F)n1. The summed E-state index contributed by atoms with van der Waals surface area (Å²) >= 11 is 0. The van der Waals surface area contributed by atoms with Gasteiger partial charge in [0.1, 0.15) is 0 Å². The van der Waals surface area contributed by atoms with Crippen LogP contribution in [-0.4, -0.2) is 14.4 Å². The molecule has 0 aliphatic carbocycles. The molecule has 0 fully saturated rings. The van der Waals surface area contributed by atoms with Crippen LogP contribution < -0.4 is 0 Å². The molecule has 0 N–H and O–H groups in total. The van der Waals surface area contributed by atoms with Crippen molar-refractivity contribution in [2.45, 2.75) is 20.0 Å². The summed E-state index contributed by atoms with van der Waals surface area (Å²) in [5.41, 5.74) is -0.235. The number of fused-ring (bicyclic) bond motifs is 1. The Labute approximate surface area is 83.6 Å². The summed E-state index contributed by atoms with van der Waals surface area (Å²) in [6, 6.07) is 0. The molecule has 2 rings (SSSR count). The summed E-state index contributed by atoms with van der Waals surface area (Å²) in [6.45, 7) is 3.16. The third-order valence-corrected chi connectivity index (χ3v) is 1.95. The average molecular weight is 215 g/mol. The van der Waals surface area contributed by atoms with E-state index in [0.717, 1.165) is 0 Å². The molecule has 0 saturated heterocycles. The molecule has 0 aliphatic heterocycles. The number of nitrogens with zero attached hydrogens (tertiary/aromatic N) is 3. The van der Waals surface area contributed by atoms with Crippen molar-refractivity contribution in [1.82, 2.24) is 14.4 Å². The predicted octanol–water partition coefficient (Wildman–Crippen LogP) is 2.36. The Kier molecular flexibility index (Phi) is 1.95. The third-order valence-electron chi connectivity index (χ3n) is 1.95. The summed E-state index contributed by atoms with van der Waals surface area (Å²) in [6.07, 6.45) is -1.41. The maximum absolute atomic E-state index is 12.6. The highest BCUT2D eigenvalue weighted by Crippen LogP contribution is 2.30. The first-order valence-corrected chi connectivity index (χ1v) is 4.28. The Balaban J connectivity index is 2.82. The quantitative estimate of drug-likeness (QED) is 0.675. The molecule has 0 atom stereocenters. The number of hydrogen-bond donors (Lipinski definition) is 0. The van der Waals surface area contributed by atoms with Gasteiger partial charge in [0.25, 0.3) is 0 Å². The van der Waals surface area contributed by atoms with E-state index in [2.05, 4.69) is 9.97 Å². The number of imidazole rings is 1. The molecule has 2 heterocycles. The maximum Gasteiger partial charge on any atom is 0.437 e. The summed E-state index contributed by atoms with van der Waals surface area (Å²) in [7, 11) is 0. The fourth-order valence-corrected chi connectivity index (χ4v) is 1.44. The fraction of sp³-hybridized carbons (Fsp3) is 0.333. The molecule has 0 aliphatic rings. The topological polar surface area (TPSA) is 30.2 Å². The lowest BCUT2D eigenvalue weighted by molar-refractivity contribution is -0.140. The van der Waals surface area contributed by atoms with Crippen molar-refractivity contribution >= 4 is 5.65 Å². The number of rotatable bonds is 0. The van der Waals surface area contributed by atoms with E-state index in [0.29, 0.717) is 11.4 Å². The molecular formula is C9H8F3N3. The zero-order valence-corrected chi connectivity index (χ0v) is 8.13. The van der Waals surface area contributed by atoms with Crippen LogP contribution in [0.2, 0.25) is 0 Å². The van der Waals surface area contributed by atoms with Crippen LogP contribution in [0.5, 0.6) is 0 Å². The van der Waals surface area contributed by atoms with Gasteiger partial charge in [-0.2, -0.15) is 13.2 Å². The molecule has 0 saturated carbocycles. The lowest BCUT2D eigenvalue weighted by Crippen LogP contribution is -2.11. The monoisotopic (exact) mass is 215 g/mol. The maximum atomic E-state index is 12.6. The second kappa shape index (κ2) is 2.95. The Morgan fingerprint density at radius 3 is 2.13 bits per heavy atom. The Morgan fingerprint density at radius 1 is 1.07 bits per heavy atom. The summed E-state index contributed by atoms with van der Waals surface area (Å²) < 4.78 is 39.1. The second-order valence-electron chi connectivity index (χ2n) is 3.34. The molecule has 0 aromatic carbocycles. The standard InChI is InChI=1S/C9H8F3N3/c1-5-3-15-4-6(2)14-8(15)7(13-5)9(10,11)12/h3-4H,1-2H3. The van der Waals surface area contributed by atoms with Crippen LogP contribution >= 0.6 is 0 Å². The molecule has 80 valence electrons. The van der Waals surface area contributed by atoms with Crippen LogP contribution in [0.1, 0.15) is 17.1 Å². The van der Waals surface area contributed by atoms with Gasteiger partial charge in [-0.1, -0.05) is 0 Å². The largest absolute Gasteiger partial charge is 0.437 e. The van der Waals surface area contributed by atoms with Gasteiger partial charge in [-0.25, -0.2) is 9.97 Å². The van der Waals surface area contributed by atoms with E-state index in [1.54, 1.807) is 13.1 Å². The highest BCUT2D eigenvalue weighted by atomic mass is 19.4. The zero-order valence-electron chi connectivity index (χ0n) is 8.13. The van der Waals surface area contributed by atoms with Crippen molar-refractivity contribution in [2.75, 3.05) is 0 Å². The van der Waals surface area contributed by atoms with Gasteiger partial charge in [0.15, 0.2) is 11.3 Å². The summed E-state index contributed by atoms with van der Waals surface area (Å²) in [5.74, 6) is 0. The number of aryl methyl sites for hydroxylation is 2. The molecule has 0 bridgehead atoms. The van der Waals surface area contributed by atoms with Crippen molar-refractivity contribution in [3.63, 3.8) is 0 Å². The van der Waals surface area contributed by atoms with Crippen molar-refractivity contribution in [2.24, 2.45) is 0 Å². The van der Waals surface area contributed by atoms with E-state index in [1.165, 1.54) is 17.5 Å². The van der Waals surface area contributed by atoms with Gasteiger partial charge in [-0.05, 0) is 13.8 Å². The van der Waals surface area contributed by atoms with Crippen molar-refractivity contribution in [3.8, 4) is 0 Å². The van der Waals surface area contributed by atoms with Gasteiger partial charge < -0.3 is 4.40 Å². The minimum absolute atomic E-state index is 0.148. The minimum atomic E-state index is -4.47. The first-order chi connectivity index (χ1) is 6.88. The molecule has 3 nitrogen and oxygen atoms in total. The molecule has 0 spiro atoms. The van der Waals surface area contributed by atoms with E-state index in [1.807, 2.05) is 0 Å². The van der Waals surface area contributed by atoms with Crippen LogP contribution in [0.25, 0.3) is 5.65 Å². The summed E-state index contributed by atoms with van der Waals surface area (Å²) in [4.78, 5) is 7.28. The van der Waals surface area contributed by atoms with Gasteiger partial charge in [0, 0.05) is 12.4 Å². The van der Waals surface area contributed by atoms with Gasteiger partial charge in [0.05, 0.1) is 11.4 Å². The second-order valence-corrected chi connectivity index (χ2v) is 3.34. The minimum Gasteiger partial charge on any atom is -0.303 e. The highest BCUT2D eigenvalue weighted by molar-refractivity contribution is 5.47. The van der Waals surface area contributed by atoms with Crippen molar-refractivity contribution < 1.29 is 13.2 Å². The average Bonchev–Trinajstić information content (AvgIpc) is 2.41. The smallest absolute Gasteiger partial charge is 0.303 e. The van der Waals surface area contributed by atoms with Crippen LogP contribution in [0.15, 0.2) is 12.4 Å². The van der Waals surface area contributed by atoms with Gasteiger partial charge >= 0.3 is 6.18 Å². The Bertz CT molecular complexity index is 513. The van der Waals surface area contributed by atoms with E-state index in [4.69, 9.17) is 0 Å². The number of aromatic nitrogens is 3. The molecule has 0 unspecified atom stereocenters. The Hall–Kier alpha value is -1.59. The van der Waals surface area contributed by atoms with Crippen molar-refractivity contribution in [3.05, 3.63) is 29.5 Å². The molecule has 0 radical (unpaired) electrons. The number of hydrogen-bond acceptors (Lipinski definition) is 2. The van der Waals surface area contributed by atoms with E-state index >= 15 is 0 Å². The van der Waals surface area contributed by atoms with E-state index in [-0.39, 0.29) is 5.65 Å². The van der Waals surface area contributed by atoms with Crippen LogP contribution in [0.4, 0.5) is 13.2 Å².